The van der Waals surface area contributed by atoms with Crippen LogP contribution in [0.4, 0.5) is 0 Å². The molecule has 1 saturated carbocycles. The number of imidazole rings is 1. The van der Waals surface area contributed by atoms with Crippen LogP contribution in [0.5, 0.6) is 17.2 Å². The van der Waals surface area contributed by atoms with Crippen LogP contribution in [-0.4, -0.2) is 41.8 Å². The van der Waals surface area contributed by atoms with E-state index in [1.54, 1.807) is 31.2 Å². The summed E-state index contributed by atoms with van der Waals surface area (Å²) in [6, 6.07) is 5.76. The molecule has 3 rings (SSSR count). The molecule has 0 unspecified atom stereocenters. The zero-order chi connectivity index (χ0) is 18.5. The van der Waals surface area contributed by atoms with Crippen LogP contribution in [0.2, 0.25) is 0 Å². The first-order valence-electron chi connectivity index (χ1n) is 8.78. The number of nitrogens with one attached hydrogen (secondary N) is 1. The minimum absolute atomic E-state index is 0.0947. The van der Waals surface area contributed by atoms with Crippen molar-refractivity contribution in [3.05, 3.63) is 36.4 Å². The Hall–Kier alpha value is -2.70. The molecule has 1 aromatic carbocycles. The van der Waals surface area contributed by atoms with Crippen molar-refractivity contribution in [3.63, 3.8) is 0 Å². The van der Waals surface area contributed by atoms with Gasteiger partial charge in [-0.05, 0) is 37.8 Å². The van der Waals surface area contributed by atoms with Gasteiger partial charge in [0.05, 0.1) is 20.3 Å². The van der Waals surface area contributed by atoms with Crippen molar-refractivity contribution < 1.29 is 19.0 Å². The van der Waals surface area contributed by atoms with Crippen LogP contribution in [0.25, 0.3) is 0 Å². The highest BCUT2D eigenvalue weighted by molar-refractivity contribution is 5.90. The number of aryl methyl sites for hydroxylation is 1. The van der Waals surface area contributed by atoms with Crippen LogP contribution < -0.4 is 19.5 Å². The first-order valence-corrected chi connectivity index (χ1v) is 8.78. The molecule has 7 heteroatoms. The van der Waals surface area contributed by atoms with E-state index in [9.17, 15) is 4.79 Å². The molecule has 140 valence electrons. The van der Waals surface area contributed by atoms with E-state index in [1.165, 1.54) is 0 Å². The lowest BCUT2D eigenvalue weighted by atomic mass is 9.93. The number of methoxy groups -OCH3 is 2. The Balaban J connectivity index is 1.54. The first-order chi connectivity index (χ1) is 12.6. The molecule has 0 atom stereocenters. The van der Waals surface area contributed by atoms with Crippen molar-refractivity contribution in [3.8, 4) is 17.2 Å². The van der Waals surface area contributed by atoms with Gasteiger partial charge in [0.25, 0.3) is 5.91 Å². The number of hydrogen-bond acceptors (Lipinski definition) is 5. The Morgan fingerprint density at radius 3 is 2.50 bits per heavy atom. The van der Waals surface area contributed by atoms with Gasteiger partial charge in [0.1, 0.15) is 0 Å². The molecule has 1 N–H and O–H groups in total. The fourth-order valence-corrected chi connectivity index (χ4v) is 3.29. The number of ether oxygens (including phenoxy) is 3. The highest BCUT2D eigenvalue weighted by atomic mass is 16.5. The summed E-state index contributed by atoms with van der Waals surface area (Å²) >= 11 is 0. The van der Waals surface area contributed by atoms with Crippen LogP contribution >= 0.6 is 0 Å². The van der Waals surface area contributed by atoms with Crippen LogP contribution in [0.15, 0.2) is 30.6 Å². The molecule has 1 heterocycles. The van der Waals surface area contributed by atoms with Gasteiger partial charge in [-0.25, -0.2) is 4.98 Å². The molecule has 0 bridgehead atoms. The monoisotopic (exact) mass is 359 g/mol. The number of hydrogen-bond donors (Lipinski definition) is 1. The Bertz CT molecular complexity index is 751. The molecule has 1 aliphatic rings. The van der Waals surface area contributed by atoms with Crippen LogP contribution in [0.3, 0.4) is 0 Å². The summed E-state index contributed by atoms with van der Waals surface area (Å²) in [5.74, 6) is 2.26. The minimum Gasteiger partial charge on any atom is -0.493 e. The number of para-hydroxylation sites is 1. The van der Waals surface area contributed by atoms with Gasteiger partial charge in [-0.15, -0.1) is 0 Å². The zero-order valence-electron chi connectivity index (χ0n) is 15.4. The van der Waals surface area contributed by atoms with Gasteiger partial charge < -0.3 is 24.1 Å². The predicted molar refractivity (Wildman–Crippen MR) is 96.9 cm³/mol. The fourth-order valence-electron chi connectivity index (χ4n) is 3.29. The summed E-state index contributed by atoms with van der Waals surface area (Å²) in [6.07, 6.45) is 6.96. The van der Waals surface area contributed by atoms with Crippen LogP contribution in [0, 0.1) is 0 Å². The predicted octanol–water partition coefficient (Wildman–Crippen LogP) is 2.56. The van der Waals surface area contributed by atoms with Gasteiger partial charge in [-0.3, -0.25) is 4.79 Å². The lowest BCUT2D eigenvalue weighted by Gasteiger charge is -2.30. The molecular weight excluding hydrogens is 334 g/mol. The maximum absolute atomic E-state index is 12.3. The van der Waals surface area contributed by atoms with Crippen molar-refractivity contribution in [2.75, 3.05) is 14.2 Å². The van der Waals surface area contributed by atoms with E-state index in [1.807, 2.05) is 25.2 Å². The summed E-state index contributed by atoms with van der Waals surface area (Å²) in [5.41, 5.74) is 0. The van der Waals surface area contributed by atoms with Gasteiger partial charge in [0.2, 0.25) is 5.75 Å². The summed E-state index contributed by atoms with van der Waals surface area (Å²) in [7, 11) is 5.03. The average Bonchev–Trinajstić information content (AvgIpc) is 3.09. The van der Waals surface area contributed by atoms with E-state index < -0.39 is 0 Å². The molecule has 0 aliphatic heterocycles. The van der Waals surface area contributed by atoms with Gasteiger partial charge in [-0.1, -0.05) is 6.07 Å². The highest BCUT2D eigenvalue weighted by Gasteiger charge is 2.26. The van der Waals surface area contributed by atoms with Gasteiger partial charge in [0.15, 0.2) is 17.3 Å². The summed E-state index contributed by atoms with van der Waals surface area (Å²) in [5, 5.41) is 3.06. The number of carbonyl (C=O) groups excluding carboxylic acids is 1. The van der Waals surface area contributed by atoms with Crippen molar-refractivity contribution in [1.82, 2.24) is 14.9 Å². The number of rotatable bonds is 6. The van der Waals surface area contributed by atoms with E-state index >= 15 is 0 Å². The second kappa shape index (κ2) is 8.12. The number of aromatic nitrogens is 2. The largest absolute Gasteiger partial charge is 0.493 e. The fraction of sp³-hybridized carbons (Fsp3) is 0.474. The number of amides is 1. The number of benzene rings is 1. The molecule has 7 nitrogen and oxygen atoms in total. The van der Waals surface area contributed by atoms with Crippen LogP contribution in [0.1, 0.15) is 36.3 Å². The van der Waals surface area contributed by atoms with Crippen molar-refractivity contribution in [2.45, 2.75) is 37.8 Å². The van der Waals surface area contributed by atoms with E-state index in [0.717, 1.165) is 25.7 Å². The number of carbonyl (C=O) groups is 1. The van der Waals surface area contributed by atoms with Crippen molar-refractivity contribution in [1.29, 1.82) is 0 Å². The van der Waals surface area contributed by atoms with Crippen molar-refractivity contribution in [2.24, 2.45) is 7.05 Å². The minimum atomic E-state index is -0.128. The topological polar surface area (TPSA) is 74.6 Å². The quantitative estimate of drug-likeness (QED) is 0.858. The molecule has 1 aromatic heterocycles. The third-order valence-corrected chi connectivity index (χ3v) is 4.69. The molecule has 1 fully saturated rings. The van der Waals surface area contributed by atoms with E-state index in [2.05, 4.69) is 10.3 Å². The Morgan fingerprint density at radius 2 is 1.88 bits per heavy atom. The lowest BCUT2D eigenvalue weighted by Crippen LogP contribution is -2.40. The second-order valence-electron chi connectivity index (χ2n) is 6.42. The third-order valence-electron chi connectivity index (χ3n) is 4.69. The molecule has 26 heavy (non-hydrogen) atoms. The van der Waals surface area contributed by atoms with Crippen molar-refractivity contribution >= 4 is 5.91 Å². The summed E-state index contributed by atoms with van der Waals surface area (Å²) in [6.45, 7) is 0. The molecule has 1 aliphatic carbocycles. The van der Waals surface area contributed by atoms with Gasteiger partial charge in [-0.2, -0.15) is 0 Å². The summed E-state index contributed by atoms with van der Waals surface area (Å²) in [4.78, 5) is 16.4. The molecule has 0 spiro atoms. The molecular formula is C19H25N3O4. The molecule has 0 radical (unpaired) electrons. The molecule has 0 saturated heterocycles. The highest BCUT2D eigenvalue weighted by Crippen LogP contribution is 2.38. The molecule has 1 amide bonds. The smallest absolute Gasteiger partial charge is 0.287 e. The number of nitrogens with zero attached hydrogens (tertiary/aromatic N) is 2. The third kappa shape index (κ3) is 3.92. The zero-order valence-corrected chi connectivity index (χ0v) is 15.4. The van der Waals surface area contributed by atoms with Gasteiger partial charge >= 0.3 is 0 Å². The first kappa shape index (κ1) is 18.1. The Labute approximate surface area is 153 Å². The Morgan fingerprint density at radius 1 is 1.15 bits per heavy atom. The standard InChI is InChI=1S/C19H25N3O4/c1-22-12-11-20-18(22)19(23)21-13-7-9-14(10-8-13)26-16-6-4-5-15(24-2)17(16)25-3/h4-6,11-14H,7-10H2,1-3H3,(H,21,23). The Kier molecular flexibility index (Phi) is 5.65. The van der Waals surface area contributed by atoms with E-state index in [0.29, 0.717) is 23.1 Å². The SMILES string of the molecule is COc1cccc(OC2CCC(NC(=O)c3nccn3C)CC2)c1OC. The average molecular weight is 359 g/mol. The normalized spacial score (nSPS) is 19.7. The lowest BCUT2D eigenvalue weighted by molar-refractivity contribution is 0.0878. The van der Waals surface area contributed by atoms with E-state index in [-0.39, 0.29) is 18.1 Å². The molecule has 2 aromatic rings. The van der Waals surface area contributed by atoms with Crippen LogP contribution in [-0.2, 0) is 7.05 Å². The maximum atomic E-state index is 12.3. The van der Waals surface area contributed by atoms with Gasteiger partial charge in [0, 0.05) is 25.5 Å². The summed E-state index contributed by atoms with van der Waals surface area (Å²) < 4.78 is 18.6. The van der Waals surface area contributed by atoms with E-state index in [4.69, 9.17) is 14.2 Å². The maximum Gasteiger partial charge on any atom is 0.287 e. The second-order valence-corrected chi connectivity index (χ2v) is 6.42.